The molecule has 5 heteroatoms. The van der Waals surface area contributed by atoms with Crippen LogP contribution in [0.15, 0.2) is 53.0 Å². The molecular weight excluding hydrogens is 334 g/mol. The van der Waals surface area contributed by atoms with Crippen molar-refractivity contribution in [1.82, 2.24) is 5.32 Å². The summed E-state index contributed by atoms with van der Waals surface area (Å²) in [5.41, 5.74) is 1.51. The maximum atomic E-state index is 11.7. The van der Waals surface area contributed by atoms with Crippen molar-refractivity contribution in [1.29, 1.82) is 0 Å². The Morgan fingerprint density at radius 1 is 1.19 bits per heavy atom. The Morgan fingerprint density at radius 2 is 1.95 bits per heavy atom. The van der Waals surface area contributed by atoms with Gasteiger partial charge in [0.15, 0.2) is 12.9 Å². The lowest BCUT2D eigenvalue weighted by Crippen LogP contribution is -2.28. The van der Waals surface area contributed by atoms with Crippen LogP contribution in [-0.4, -0.2) is 18.8 Å². The van der Waals surface area contributed by atoms with Gasteiger partial charge in [0.1, 0.15) is 5.75 Å². The highest BCUT2D eigenvalue weighted by Gasteiger charge is 2.05. The van der Waals surface area contributed by atoms with Gasteiger partial charge in [-0.2, -0.15) is 0 Å². The average Bonchev–Trinajstić information content (AvgIpc) is 2.53. The van der Waals surface area contributed by atoms with E-state index in [1.54, 1.807) is 18.2 Å². The Kier molecular flexibility index (Phi) is 5.51. The molecule has 0 aliphatic rings. The van der Waals surface area contributed by atoms with E-state index in [0.29, 0.717) is 22.3 Å². The normalized spacial score (nSPS) is 9.95. The van der Waals surface area contributed by atoms with Gasteiger partial charge in [0.2, 0.25) is 0 Å². The molecule has 0 aliphatic heterocycles. The number of amides is 1. The quantitative estimate of drug-likeness (QED) is 0.817. The van der Waals surface area contributed by atoms with Crippen LogP contribution >= 0.6 is 15.9 Å². The van der Waals surface area contributed by atoms with Crippen LogP contribution in [0.3, 0.4) is 0 Å². The van der Waals surface area contributed by atoms with Gasteiger partial charge < -0.3 is 10.1 Å². The first kappa shape index (κ1) is 15.3. The minimum Gasteiger partial charge on any atom is -0.484 e. The summed E-state index contributed by atoms with van der Waals surface area (Å²) in [7, 11) is 0. The van der Waals surface area contributed by atoms with Crippen molar-refractivity contribution in [3.63, 3.8) is 0 Å². The number of halogens is 1. The predicted molar refractivity (Wildman–Crippen MR) is 83.3 cm³/mol. The summed E-state index contributed by atoms with van der Waals surface area (Å²) < 4.78 is 6.05. The maximum absolute atomic E-state index is 11.7. The molecule has 21 heavy (non-hydrogen) atoms. The standard InChI is InChI=1S/C16H14BrNO3/c17-15-7-6-14(8-13(15)10-19)21-11-16(20)18-9-12-4-2-1-3-5-12/h1-8,10H,9,11H2,(H,18,20). The van der Waals surface area contributed by atoms with Gasteiger partial charge in [0.25, 0.3) is 5.91 Å². The number of carbonyl (C=O) groups is 2. The van der Waals surface area contributed by atoms with Crippen LogP contribution in [0.4, 0.5) is 0 Å². The van der Waals surface area contributed by atoms with E-state index in [0.717, 1.165) is 11.8 Å². The van der Waals surface area contributed by atoms with Crippen molar-refractivity contribution in [3.05, 3.63) is 64.1 Å². The monoisotopic (exact) mass is 347 g/mol. The van der Waals surface area contributed by atoms with Gasteiger partial charge in [-0.25, -0.2) is 0 Å². The second-order valence-corrected chi connectivity index (χ2v) is 5.21. The van der Waals surface area contributed by atoms with Crippen LogP contribution < -0.4 is 10.1 Å². The molecule has 0 spiro atoms. The SMILES string of the molecule is O=Cc1cc(OCC(=O)NCc2ccccc2)ccc1Br. The zero-order valence-corrected chi connectivity index (χ0v) is 12.8. The summed E-state index contributed by atoms with van der Waals surface area (Å²) in [4.78, 5) is 22.5. The lowest BCUT2D eigenvalue weighted by Gasteiger charge is -2.08. The first-order valence-corrected chi connectivity index (χ1v) is 7.16. The first-order valence-electron chi connectivity index (χ1n) is 6.37. The highest BCUT2D eigenvalue weighted by atomic mass is 79.9. The molecule has 0 saturated carbocycles. The number of aldehydes is 1. The molecular formula is C16H14BrNO3. The molecule has 0 heterocycles. The fourth-order valence-electron chi connectivity index (χ4n) is 1.70. The molecule has 0 saturated heterocycles. The molecule has 0 radical (unpaired) electrons. The molecule has 2 rings (SSSR count). The second-order valence-electron chi connectivity index (χ2n) is 4.35. The Bertz CT molecular complexity index is 629. The number of nitrogens with one attached hydrogen (secondary N) is 1. The van der Waals surface area contributed by atoms with E-state index in [9.17, 15) is 9.59 Å². The van der Waals surface area contributed by atoms with Crippen LogP contribution in [0.25, 0.3) is 0 Å². The van der Waals surface area contributed by atoms with Gasteiger partial charge in [-0.15, -0.1) is 0 Å². The minimum atomic E-state index is -0.213. The Hall–Kier alpha value is -2.14. The van der Waals surface area contributed by atoms with Crippen molar-refractivity contribution in [2.24, 2.45) is 0 Å². The van der Waals surface area contributed by atoms with Crippen LogP contribution in [0, 0.1) is 0 Å². The molecule has 2 aromatic rings. The predicted octanol–water partition coefficient (Wildman–Crippen LogP) is 2.96. The maximum Gasteiger partial charge on any atom is 0.258 e. The Balaban J connectivity index is 1.82. The number of carbonyl (C=O) groups excluding carboxylic acids is 2. The van der Waals surface area contributed by atoms with Crippen LogP contribution in [-0.2, 0) is 11.3 Å². The summed E-state index contributed by atoms with van der Waals surface area (Å²) in [6.07, 6.45) is 0.729. The van der Waals surface area contributed by atoms with Gasteiger partial charge in [0, 0.05) is 16.6 Å². The number of hydrogen-bond donors (Lipinski definition) is 1. The van der Waals surface area contributed by atoms with Gasteiger partial charge in [-0.3, -0.25) is 9.59 Å². The molecule has 4 nitrogen and oxygen atoms in total. The van der Waals surface area contributed by atoms with E-state index in [1.807, 2.05) is 30.3 Å². The highest BCUT2D eigenvalue weighted by molar-refractivity contribution is 9.10. The molecule has 0 fully saturated rings. The van der Waals surface area contributed by atoms with E-state index in [4.69, 9.17) is 4.74 Å². The summed E-state index contributed by atoms with van der Waals surface area (Å²) in [6, 6.07) is 14.6. The van der Waals surface area contributed by atoms with E-state index < -0.39 is 0 Å². The van der Waals surface area contributed by atoms with Crippen molar-refractivity contribution < 1.29 is 14.3 Å². The molecule has 0 aromatic heterocycles. The van der Waals surface area contributed by atoms with E-state index in [-0.39, 0.29) is 12.5 Å². The van der Waals surface area contributed by atoms with Gasteiger partial charge >= 0.3 is 0 Å². The summed E-state index contributed by atoms with van der Waals surface area (Å²) in [6.45, 7) is 0.371. The molecule has 0 aliphatic carbocycles. The fraction of sp³-hybridized carbons (Fsp3) is 0.125. The number of benzene rings is 2. The van der Waals surface area contributed by atoms with E-state index in [2.05, 4.69) is 21.2 Å². The molecule has 108 valence electrons. The van der Waals surface area contributed by atoms with Crippen molar-refractivity contribution in [3.8, 4) is 5.75 Å². The van der Waals surface area contributed by atoms with Gasteiger partial charge in [-0.05, 0) is 23.8 Å². The molecule has 1 N–H and O–H groups in total. The summed E-state index contributed by atoms with van der Waals surface area (Å²) >= 11 is 3.26. The molecule has 0 bridgehead atoms. The van der Waals surface area contributed by atoms with Gasteiger partial charge in [-0.1, -0.05) is 46.3 Å². The molecule has 2 aromatic carbocycles. The first-order chi connectivity index (χ1) is 10.2. The third-order valence-electron chi connectivity index (χ3n) is 2.80. The van der Waals surface area contributed by atoms with E-state index in [1.165, 1.54) is 0 Å². The Morgan fingerprint density at radius 3 is 2.67 bits per heavy atom. The smallest absolute Gasteiger partial charge is 0.258 e. The highest BCUT2D eigenvalue weighted by Crippen LogP contribution is 2.21. The second kappa shape index (κ2) is 7.59. The topological polar surface area (TPSA) is 55.4 Å². The lowest BCUT2D eigenvalue weighted by atomic mass is 10.2. The third kappa shape index (κ3) is 4.72. The van der Waals surface area contributed by atoms with Crippen LogP contribution in [0.5, 0.6) is 5.75 Å². The van der Waals surface area contributed by atoms with Crippen molar-refractivity contribution in [2.75, 3.05) is 6.61 Å². The van der Waals surface area contributed by atoms with Crippen LogP contribution in [0.1, 0.15) is 15.9 Å². The van der Waals surface area contributed by atoms with Crippen LogP contribution in [0.2, 0.25) is 0 Å². The molecule has 1 amide bonds. The zero-order valence-electron chi connectivity index (χ0n) is 11.2. The fourth-order valence-corrected chi connectivity index (χ4v) is 2.04. The summed E-state index contributed by atoms with van der Waals surface area (Å²) in [5.74, 6) is 0.268. The van der Waals surface area contributed by atoms with E-state index >= 15 is 0 Å². The average molecular weight is 348 g/mol. The Labute approximate surface area is 131 Å². The lowest BCUT2D eigenvalue weighted by molar-refractivity contribution is -0.123. The number of rotatable bonds is 6. The minimum absolute atomic E-state index is 0.0905. The van der Waals surface area contributed by atoms with Crippen molar-refractivity contribution >= 4 is 28.1 Å². The zero-order chi connectivity index (χ0) is 15.1. The summed E-state index contributed by atoms with van der Waals surface area (Å²) in [5, 5.41) is 2.77. The number of ether oxygens (including phenoxy) is 1. The molecule has 0 unspecified atom stereocenters. The number of hydrogen-bond acceptors (Lipinski definition) is 3. The largest absolute Gasteiger partial charge is 0.484 e. The molecule has 0 atom stereocenters. The van der Waals surface area contributed by atoms with Gasteiger partial charge in [0.05, 0.1) is 0 Å². The third-order valence-corrected chi connectivity index (χ3v) is 3.52. The van der Waals surface area contributed by atoms with Crippen molar-refractivity contribution in [2.45, 2.75) is 6.54 Å².